The number of aliphatic hydroxyl groups is 1. The Labute approximate surface area is 154 Å². The number of carbonyl (C=O) groups is 1. The van der Waals surface area contributed by atoms with E-state index in [0.717, 1.165) is 38.0 Å². The van der Waals surface area contributed by atoms with Gasteiger partial charge < -0.3 is 27.9 Å². The third-order valence-electron chi connectivity index (χ3n) is 4.48. The molecule has 0 saturated carbocycles. The van der Waals surface area contributed by atoms with Crippen LogP contribution in [0.3, 0.4) is 0 Å². The van der Waals surface area contributed by atoms with Crippen LogP contribution in [0.15, 0.2) is 0 Å². The Morgan fingerprint density at radius 3 is 1.76 bits per heavy atom. The summed E-state index contributed by atoms with van der Waals surface area (Å²) >= 11 is 0. The highest BCUT2D eigenvalue weighted by atomic mass is 28.4. The van der Waals surface area contributed by atoms with Crippen molar-refractivity contribution in [2.24, 2.45) is 0 Å². The van der Waals surface area contributed by atoms with Crippen molar-refractivity contribution in [3.05, 3.63) is 0 Å². The molecule has 0 spiro atoms. The van der Waals surface area contributed by atoms with E-state index < -0.39 is 8.80 Å². The fourth-order valence-electron chi connectivity index (χ4n) is 2.88. The van der Waals surface area contributed by atoms with E-state index in [1.165, 1.54) is 38.5 Å². The Morgan fingerprint density at radius 2 is 1.32 bits per heavy atom. The summed E-state index contributed by atoms with van der Waals surface area (Å²) < 4.78 is 21.5. The second kappa shape index (κ2) is 17.1. The summed E-state index contributed by atoms with van der Waals surface area (Å²) in [4.78, 5) is 10.8. The molecule has 0 bridgehead atoms. The molecule has 0 rings (SSSR count). The molecule has 7 heteroatoms. The molecule has 1 unspecified atom stereocenters. The zero-order valence-corrected chi connectivity index (χ0v) is 17.3. The average molecular weight is 379 g/mol. The lowest BCUT2D eigenvalue weighted by Gasteiger charge is -2.24. The highest BCUT2D eigenvalue weighted by Gasteiger charge is 2.36. The van der Waals surface area contributed by atoms with Gasteiger partial charge in [0, 0.05) is 27.4 Å². The smallest absolute Gasteiger partial charge is 0.394 e. The Morgan fingerprint density at radius 1 is 0.840 bits per heavy atom. The van der Waals surface area contributed by atoms with Gasteiger partial charge in [-0.3, -0.25) is 0 Å². The quantitative estimate of drug-likeness (QED) is 0.211. The number of hydrogen-bond acceptors (Lipinski definition) is 6. The van der Waals surface area contributed by atoms with E-state index >= 15 is 0 Å². The van der Waals surface area contributed by atoms with Crippen molar-refractivity contribution in [3.63, 3.8) is 0 Å². The predicted octanol–water partition coefficient (Wildman–Crippen LogP) is 3.34. The number of aliphatic hydroxyl groups excluding tert-OH is 1. The maximum atomic E-state index is 10.8. The van der Waals surface area contributed by atoms with Crippen LogP contribution in [-0.4, -0.2) is 60.8 Å². The lowest BCUT2D eigenvalue weighted by molar-refractivity contribution is -0.119. The van der Waals surface area contributed by atoms with Gasteiger partial charge in [0.05, 0.1) is 13.2 Å². The van der Waals surface area contributed by atoms with Crippen molar-refractivity contribution >= 4 is 15.1 Å². The van der Waals surface area contributed by atoms with Gasteiger partial charge in [-0.2, -0.15) is 0 Å². The number of unbranched alkanes of at least 4 members (excludes halogenated alkanes) is 8. The summed E-state index contributed by atoms with van der Waals surface area (Å²) in [7, 11) is 2.61. The third-order valence-corrected chi connectivity index (χ3v) is 7.31. The molecule has 0 fully saturated rings. The lowest BCUT2D eigenvalue weighted by atomic mass is 10.1. The molecule has 0 aliphatic heterocycles. The monoisotopic (exact) mass is 378 g/mol. The zero-order valence-electron chi connectivity index (χ0n) is 16.3. The molecular formula is C18H38O6Si. The van der Waals surface area contributed by atoms with Crippen LogP contribution in [0.1, 0.15) is 64.2 Å². The first-order chi connectivity index (χ1) is 12.2. The molecule has 0 aliphatic carbocycles. The third kappa shape index (κ3) is 12.6. The minimum atomic E-state index is -2.38. The van der Waals surface area contributed by atoms with Crippen molar-refractivity contribution in [2.45, 2.75) is 76.4 Å². The van der Waals surface area contributed by atoms with Crippen molar-refractivity contribution in [1.82, 2.24) is 0 Å². The number of aldehydes is 1. The SMILES string of the molecule is CO[Si](CCCCCCCCCCCC(C=O)OCCO)(OC)OC. The number of rotatable bonds is 19. The van der Waals surface area contributed by atoms with Crippen LogP contribution in [0, 0.1) is 0 Å². The molecule has 0 saturated heterocycles. The second-order valence-corrected chi connectivity index (χ2v) is 9.38. The fourth-order valence-corrected chi connectivity index (χ4v) is 4.67. The van der Waals surface area contributed by atoms with E-state index in [-0.39, 0.29) is 19.3 Å². The lowest BCUT2D eigenvalue weighted by Crippen LogP contribution is -2.42. The first-order valence-electron chi connectivity index (χ1n) is 9.51. The van der Waals surface area contributed by atoms with Gasteiger partial charge in [-0.25, -0.2) is 0 Å². The van der Waals surface area contributed by atoms with E-state index in [1.807, 2.05) is 0 Å². The number of hydrogen-bond donors (Lipinski definition) is 1. The molecule has 1 atom stereocenters. The normalized spacial score (nSPS) is 13.1. The molecule has 0 aliphatic rings. The van der Waals surface area contributed by atoms with Crippen LogP contribution in [0.2, 0.25) is 6.04 Å². The molecule has 0 aromatic rings. The van der Waals surface area contributed by atoms with Crippen molar-refractivity contribution in [1.29, 1.82) is 0 Å². The van der Waals surface area contributed by atoms with Gasteiger partial charge >= 0.3 is 8.80 Å². The Kier molecular flexibility index (Phi) is 16.9. The van der Waals surface area contributed by atoms with Crippen molar-refractivity contribution in [2.75, 3.05) is 34.5 Å². The molecule has 0 amide bonds. The van der Waals surface area contributed by atoms with Crippen molar-refractivity contribution in [3.8, 4) is 0 Å². The van der Waals surface area contributed by atoms with Gasteiger partial charge in [-0.05, 0) is 12.8 Å². The van der Waals surface area contributed by atoms with E-state index in [1.54, 1.807) is 21.3 Å². The number of carbonyl (C=O) groups excluding carboxylic acids is 1. The van der Waals surface area contributed by atoms with Gasteiger partial charge in [0.2, 0.25) is 0 Å². The summed E-state index contributed by atoms with van der Waals surface area (Å²) in [5.74, 6) is 0. The van der Waals surface area contributed by atoms with Crippen LogP contribution >= 0.6 is 0 Å². The standard InChI is InChI=1S/C18H38O6Si/c1-21-25(22-2,23-3)16-12-10-8-6-4-5-7-9-11-13-18(17-20)24-15-14-19/h17-19H,4-16H2,1-3H3. The number of ether oxygens (including phenoxy) is 1. The summed E-state index contributed by atoms with van der Waals surface area (Å²) in [6.45, 7) is 0.210. The van der Waals surface area contributed by atoms with Gasteiger partial charge in [0.15, 0.2) is 0 Å². The van der Waals surface area contributed by atoms with E-state index in [9.17, 15) is 4.79 Å². The molecule has 6 nitrogen and oxygen atoms in total. The van der Waals surface area contributed by atoms with Crippen LogP contribution < -0.4 is 0 Å². The van der Waals surface area contributed by atoms with Gasteiger partial charge in [0.25, 0.3) is 0 Å². The summed E-state index contributed by atoms with van der Waals surface area (Å²) in [5.41, 5.74) is 0. The first kappa shape index (κ1) is 24.7. The van der Waals surface area contributed by atoms with E-state index in [2.05, 4.69) is 0 Å². The second-order valence-electron chi connectivity index (χ2n) is 6.28. The molecule has 1 N–H and O–H groups in total. The van der Waals surface area contributed by atoms with E-state index in [0.29, 0.717) is 0 Å². The highest BCUT2D eigenvalue weighted by molar-refractivity contribution is 6.60. The topological polar surface area (TPSA) is 74.2 Å². The largest absolute Gasteiger partial charge is 0.500 e. The van der Waals surface area contributed by atoms with Gasteiger partial charge in [-0.15, -0.1) is 0 Å². The minimum Gasteiger partial charge on any atom is -0.394 e. The molecule has 0 heterocycles. The van der Waals surface area contributed by atoms with Crippen LogP contribution in [0.25, 0.3) is 0 Å². The summed E-state index contributed by atoms with van der Waals surface area (Å²) in [6, 6.07) is 0.882. The minimum absolute atomic E-state index is 0.0318. The van der Waals surface area contributed by atoms with Crippen LogP contribution in [0.4, 0.5) is 0 Å². The Hall–Kier alpha value is -0.313. The molecule has 150 valence electrons. The average Bonchev–Trinajstić information content (AvgIpc) is 2.65. The molecule has 0 radical (unpaired) electrons. The van der Waals surface area contributed by atoms with Crippen LogP contribution in [-0.2, 0) is 22.8 Å². The Balaban J connectivity index is 3.43. The van der Waals surface area contributed by atoms with Crippen LogP contribution in [0.5, 0.6) is 0 Å². The molecule has 25 heavy (non-hydrogen) atoms. The highest BCUT2D eigenvalue weighted by Crippen LogP contribution is 2.18. The van der Waals surface area contributed by atoms with Gasteiger partial charge in [0.1, 0.15) is 12.4 Å². The molecular weight excluding hydrogens is 340 g/mol. The summed E-state index contributed by atoms with van der Waals surface area (Å²) in [5, 5.41) is 8.68. The zero-order chi connectivity index (χ0) is 18.8. The van der Waals surface area contributed by atoms with E-state index in [4.69, 9.17) is 23.1 Å². The molecule has 0 aromatic carbocycles. The first-order valence-corrected chi connectivity index (χ1v) is 11.4. The summed E-state index contributed by atoms with van der Waals surface area (Å²) in [6.07, 6.45) is 11.9. The van der Waals surface area contributed by atoms with Gasteiger partial charge in [-0.1, -0.05) is 51.4 Å². The molecule has 0 aromatic heterocycles. The van der Waals surface area contributed by atoms with Crippen molar-refractivity contribution < 1.29 is 27.9 Å². The maximum Gasteiger partial charge on any atom is 0.500 e. The fraction of sp³-hybridized carbons (Fsp3) is 0.944. The predicted molar refractivity (Wildman–Crippen MR) is 101 cm³/mol. The maximum absolute atomic E-state index is 10.8. The Bertz CT molecular complexity index is 291.